The van der Waals surface area contributed by atoms with Crippen LogP contribution in [0.3, 0.4) is 0 Å². The molecule has 4 heteroatoms. The number of aromatic nitrogens is 3. The van der Waals surface area contributed by atoms with Crippen molar-refractivity contribution in [1.29, 1.82) is 0 Å². The molecule has 0 saturated heterocycles. The molecule has 56 valence electrons. The highest BCUT2D eigenvalue weighted by molar-refractivity contribution is 6.34. The molecule has 3 nitrogen and oxygen atoms in total. The van der Waals surface area contributed by atoms with Crippen LogP contribution in [-0.4, -0.2) is 15.2 Å². The van der Waals surface area contributed by atoms with Crippen LogP contribution in [0.15, 0.2) is 12.4 Å². The fourth-order valence-corrected chi connectivity index (χ4v) is 1.37. The number of rotatable bonds is 0. The molecule has 0 aromatic carbocycles. The number of H-pyrrole nitrogens is 1. The highest BCUT2D eigenvalue weighted by atomic mass is 35.5. The summed E-state index contributed by atoms with van der Waals surface area (Å²) < 4.78 is 0. The summed E-state index contributed by atoms with van der Waals surface area (Å²) in [4.78, 5) is 3.98. The first-order valence-corrected chi connectivity index (χ1v) is 3.61. The Morgan fingerprint density at radius 1 is 1.45 bits per heavy atom. The van der Waals surface area contributed by atoms with Gasteiger partial charge in [0.25, 0.3) is 0 Å². The Morgan fingerprint density at radius 2 is 2.27 bits per heavy atom. The quantitative estimate of drug-likeness (QED) is 0.652. The first-order chi connectivity index (χ1) is 5.29. The second kappa shape index (κ2) is 2.20. The first kappa shape index (κ1) is 6.61. The van der Waals surface area contributed by atoms with Crippen LogP contribution < -0.4 is 0 Å². The van der Waals surface area contributed by atoms with Crippen LogP contribution >= 0.6 is 11.6 Å². The number of hydrogen-bond acceptors (Lipinski definition) is 2. The van der Waals surface area contributed by atoms with Crippen molar-refractivity contribution in [3.63, 3.8) is 0 Å². The first-order valence-electron chi connectivity index (χ1n) is 3.23. The minimum atomic E-state index is 0.583. The molecule has 0 radical (unpaired) electrons. The minimum absolute atomic E-state index is 0.583. The molecule has 2 aromatic heterocycles. The average molecular weight is 168 g/mol. The maximum absolute atomic E-state index is 5.83. The van der Waals surface area contributed by atoms with Gasteiger partial charge in [-0.15, -0.1) is 0 Å². The van der Waals surface area contributed by atoms with Crippen molar-refractivity contribution < 1.29 is 0 Å². The molecule has 0 bridgehead atoms. The zero-order valence-electron chi connectivity index (χ0n) is 5.93. The maximum atomic E-state index is 5.83. The second-order valence-corrected chi connectivity index (χ2v) is 2.77. The largest absolute Gasteiger partial charge is 0.266 e. The van der Waals surface area contributed by atoms with Crippen LogP contribution in [-0.2, 0) is 0 Å². The molecular formula is C7H6ClN3. The second-order valence-electron chi connectivity index (χ2n) is 2.39. The third-order valence-corrected chi connectivity index (χ3v) is 1.88. The van der Waals surface area contributed by atoms with Crippen molar-refractivity contribution in [2.75, 3.05) is 0 Å². The highest BCUT2D eigenvalue weighted by Gasteiger charge is 2.04. The molecule has 2 rings (SSSR count). The van der Waals surface area contributed by atoms with E-state index < -0.39 is 0 Å². The molecule has 0 spiro atoms. The predicted molar refractivity (Wildman–Crippen MR) is 43.6 cm³/mol. The van der Waals surface area contributed by atoms with Gasteiger partial charge in [-0.3, -0.25) is 10.1 Å². The summed E-state index contributed by atoms with van der Waals surface area (Å²) in [5.74, 6) is 0. The lowest BCUT2D eigenvalue weighted by molar-refractivity contribution is 1.11. The van der Waals surface area contributed by atoms with Gasteiger partial charge in [0.2, 0.25) is 0 Å². The summed E-state index contributed by atoms with van der Waals surface area (Å²) in [5, 5.41) is 8.20. The Labute approximate surface area is 68.4 Å². The van der Waals surface area contributed by atoms with E-state index in [1.165, 1.54) is 0 Å². The van der Waals surface area contributed by atoms with Crippen molar-refractivity contribution in [2.45, 2.75) is 6.92 Å². The number of nitrogens with zero attached hydrogens (tertiary/aromatic N) is 2. The highest BCUT2D eigenvalue weighted by Crippen LogP contribution is 2.21. The Kier molecular flexibility index (Phi) is 1.32. The van der Waals surface area contributed by atoms with Crippen LogP contribution in [0.4, 0.5) is 0 Å². The Morgan fingerprint density at radius 3 is 3.00 bits per heavy atom. The van der Waals surface area contributed by atoms with Gasteiger partial charge in [-0.25, -0.2) is 0 Å². The topological polar surface area (TPSA) is 41.6 Å². The molecule has 0 saturated carbocycles. The molecule has 0 atom stereocenters. The SMILES string of the molecule is Cc1cncc2n[nH]c(Cl)c12. The number of aromatic amines is 1. The van der Waals surface area contributed by atoms with E-state index >= 15 is 0 Å². The number of aryl methyl sites for hydroxylation is 1. The Hall–Kier alpha value is -1.09. The smallest absolute Gasteiger partial charge is 0.132 e. The van der Waals surface area contributed by atoms with Crippen molar-refractivity contribution >= 4 is 22.5 Å². The zero-order chi connectivity index (χ0) is 7.84. The fourth-order valence-electron chi connectivity index (χ4n) is 1.09. The molecule has 0 fully saturated rings. The van der Waals surface area contributed by atoms with Gasteiger partial charge >= 0.3 is 0 Å². The fraction of sp³-hybridized carbons (Fsp3) is 0.143. The Bertz CT molecular complexity index is 393. The molecule has 11 heavy (non-hydrogen) atoms. The summed E-state index contributed by atoms with van der Waals surface area (Å²) >= 11 is 5.83. The summed E-state index contributed by atoms with van der Waals surface area (Å²) in [6.45, 7) is 1.96. The zero-order valence-corrected chi connectivity index (χ0v) is 6.68. The number of pyridine rings is 1. The molecule has 0 aliphatic carbocycles. The van der Waals surface area contributed by atoms with Gasteiger partial charge in [0, 0.05) is 11.6 Å². The van der Waals surface area contributed by atoms with E-state index in [1.807, 2.05) is 6.92 Å². The molecule has 2 heterocycles. The van der Waals surface area contributed by atoms with Crippen molar-refractivity contribution in [3.8, 4) is 0 Å². The minimum Gasteiger partial charge on any atom is -0.266 e. The lowest BCUT2D eigenvalue weighted by atomic mass is 10.2. The predicted octanol–water partition coefficient (Wildman–Crippen LogP) is 1.92. The monoisotopic (exact) mass is 167 g/mol. The lowest BCUT2D eigenvalue weighted by Gasteiger charge is -1.91. The van der Waals surface area contributed by atoms with Gasteiger partial charge in [0.15, 0.2) is 0 Å². The number of nitrogens with one attached hydrogen (secondary N) is 1. The van der Waals surface area contributed by atoms with Gasteiger partial charge in [-0.2, -0.15) is 5.10 Å². The normalized spacial score (nSPS) is 10.7. The van der Waals surface area contributed by atoms with Gasteiger partial charge in [-0.1, -0.05) is 11.6 Å². The third kappa shape index (κ3) is 0.886. The van der Waals surface area contributed by atoms with Crippen LogP contribution in [0.1, 0.15) is 5.56 Å². The molecule has 0 aliphatic rings. The maximum Gasteiger partial charge on any atom is 0.132 e. The number of fused-ring (bicyclic) bond motifs is 1. The van der Waals surface area contributed by atoms with Gasteiger partial charge < -0.3 is 0 Å². The van der Waals surface area contributed by atoms with E-state index in [9.17, 15) is 0 Å². The summed E-state index contributed by atoms with van der Waals surface area (Å²) in [6.07, 6.45) is 3.45. The average Bonchev–Trinajstić information content (AvgIpc) is 2.34. The van der Waals surface area contributed by atoms with Gasteiger partial charge in [-0.05, 0) is 12.5 Å². The van der Waals surface area contributed by atoms with E-state index in [1.54, 1.807) is 12.4 Å². The summed E-state index contributed by atoms with van der Waals surface area (Å²) in [7, 11) is 0. The van der Waals surface area contributed by atoms with E-state index in [4.69, 9.17) is 11.6 Å². The van der Waals surface area contributed by atoms with Crippen LogP contribution in [0.2, 0.25) is 5.15 Å². The van der Waals surface area contributed by atoms with Crippen molar-refractivity contribution in [3.05, 3.63) is 23.1 Å². The molecule has 2 aromatic rings. The Balaban J connectivity index is 2.96. The van der Waals surface area contributed by atoms with E-state index in [0.717, 1.165) is 16.5 Å². The molecule has 0 aliphatic heterocycles. The van der Waals surface area contributed by atoms with E-state index in [2.05, 4.69) is 15.2 Å². The van der Waals surface area contributed by atoms with E-state index in [-0.39, 0.29) is 0 Å². The number of hydrogen-bond donors (Lipinski definition) is 1. The summed E-state index contributed by atoms with van der Waals surface area (Å²) in [5.41, 5.74) is 1.86. The van der Waals surface area contributed by atoms with Crippen molar-refractivity contribution in [1.82, 2.24) is 15.2 Å². The van der Waals surface area contributed by atoms with Crippen LogP contribution in [0.5, 0.6) is 0 Å². The van der Waals surface area contributed by atoms with Crippen LogP contribution in [0, 0.1) is 6.92 Å². The number of halogens is 1. The van der Waals surface area contributed by atoms with Gasteiger partial charge in [0.1, 0.15) is 10.7 Å². The van der Waals surface area contributed by atoms with E-state index in [0.29, 0.717) is 5.15 Å². The third-order valence-electron chi connectivity index (χ3n) is 1.61. The van der Waals surface area contributed by atoms with Gasteiger partial charge in [0.05, 0.1) is 6.20 Å². The summed E-state index contributed by atoms with van der Waals surface area (Å²) in [6, 6.07) is 0. The molecule has 0 amide bonds. The standard InChI is InChI=1S/C7H6ClN3/c1-4-2-9-3-5-6(4)7(8)11-10-5/h2-3H,1H3,(H,10,11). The molecular weight excluding hydrogens is 162 g/mol. The van der Waals surface area contributed by atoms with Crippen LogP contribution in [0.25, 0.3) is 10.9 Å². The molecule has 1 N–H and O–H groups in total. The molecule has 0 unspecified atom stereocenters. The van der Waals surface area contributed by atoms with Crippen molar-refractivity contribution in [2.24, 2.45) is 0 Å². The lowest BCUT2D eigenvalue weighted by Crippen LogP contribution is -1.77.